The van der Waals surface area contributed by atoms with Crippen LogP contribution in [0, 0.1) is 11.6 Å². The fourth-order valence-electron chi connectivity index (χ4n) is 2.35. The normalized spacial score (nSPS) is 12.6. The summed E-state index contributed by atoms with van der Waals surface area (Å²) in [5.74, 6) is -1.01. The maximum atomic E-state index is 13.7. The first-order chi connectivity index (χ1) is 9.63. The summed E-state index contributed by atoms with van der Waals surface area (Å²) < 4.78 is 29.5. The van der Waals surface area contributed by atoms with Crippen LogP contribution in [0.2, 0.25) is 0 Å². The zero-order valence-corrected chi connectivity index (χ0v) is 11.9. The van der Waals surface area contributed by atoms with Gasteiger partial charge in [0.1, 0.15) is 11.6 Å². The van der Waals surface area contributed by atoms with E-state index in [1.165, 1.54) is 18.2 Å². The van der Waals surface area contributed by atoms with E-state index in [-0.39, 0.29) is 11.6 Å². The Kier molecular flexibility index (Phi) is 4.90. The van der Waals surface area contributed by atoms with Gasteiger partial charge >= 0.3 is 0 Å². The van der Waals surface area contributed by atoms with Gasteiger partial charge in [0.25, 0.3) is 0 Å². The Labute approximate surface area is 118 Å². The van der Waals surface area contributed by atoms with Gasteiger partial charge in [-0.2, -0.15) is 0 Å². The fraction of sp³-hybridized carbons (Fsp3) is 0.375. The Morgan fingerprint density at radius 2 is 1.85 bits per heavy atom. The van der Waals surface area contributed by atoms with Gasteiger partial charge in [0.2, 0.25) is 0 Å². The van der Waals surface area contributed by atoms with Crippen LogP contribution < -0.4 is 5.32 Å². The third kappa shape index (κ3) is 3.25. The summed E-state index contributed by atoms with van der Waals surface area (Å²) in [6.07, 6.45) is 3.08. The van der Waals surface area contributed by atoms with E-state index in [0.717, 1.165) is 18.7 Å². The number of rotatable bonds is 6. The summed E-state index contributed by atoms with van der Waals surface area (Å²) in [5, 5.41) is 3.18. The lowest BCUT2D eigenvalue weighted by Crippen LogP contribution is -2.22. The minimum Gasteiger partial charge on any atom is -0.350 e. The molecule has 0 spiro atoms. The monoisotopic (exact) mass is 278 g/mol. The first kappa shape index (κ1) is 14.7. The predicted molar refractivity (Wildman–Crippen MR) is 76.3 cm³/mol. The lowest BCUT2D eigenvalue weighted by molar-refractivity contribution is 0.479. The second-order valence-corrected chi connectivity index (χ2v) is 4.93. The number of hydrogen-bond donors (Lipinski definition) is 1. The summed E-state index contributed by atoms with van der Waals surface area (Å²) in [4.78, 5) is 0. The molecule has 1 unspecified atom stereocenters. The van der Waals surface area contributed by atoms with Crippen molar-refractivity contribution in [2.24, 2.45) is 0 Å². The van der Waals surface area contributed by atoms with Crippen LogP contribution in [0.1, 0.15) is 37.6 Å². The van der Waals surface area contributed by atoms with Gasteiger partial charge < -0.3 is 9.88 Å². The number of nitrogens with zero attached hydrogens (tertiary/aromatic N) is 1. The van der Waals surface area contributed by atoms with Gasteiger partial charge in [0.15, 0.2) is 0 Å². The molecule has 1 aromatic carbocycles. The Morgan fingerprint density at radius 3 is 2.50 bits per heavy atom. The largest absolute Gasteiger partial charge is 0.350 e. The van der Waals surface area contributed by atoms with E-state index >= 15 is 0 Å². The van der Waals surface area contributed by atoms with Crippen LogP contribution in [0.5, 0.6) is 0 Å². The number of hydrogen-bond acceptors (Lipinski definition) is 1. The molecule has 108 valence electrons. The molecule has 2 rings (SSSR count). The third-order valence-corrected chi connectivity index (χ3v) is 3.41. The third-order valence-electron chi connectivity index (χ3n) is 3.41. The smallest absolute Gasteiger partial charge is 0.130 e. The maximum absolute atomic E-state index is 13.7. The number of aryl methyl sites for hydroxylation is 1. The van der Waals surface area contributed by atoms with E-state index in [1.807, 2.05) is 18.3 Å². The van der Waals surface area contributed by atoms with E-state index in [9.17, 15) is 8.78 Å². The molecule has 1 N–H and O–H groups in total. The number of aromatic nitrogens is 1. The average Bonchev–Trinajstić information content (AvgIpc) is 2.84. The molecule has 0 aliphatic heterocycles. The van der Waals surface area contributed by atoms with E-state index < -0.39 is 11.6 Å². The first-order valence-electron chi connectivity index (χ1n) is 6.94. The van der Waals surface area contributed by atoms with Crippen LogP contribution in [0.4, 0.5) is 8.78 Å². The molecule has 1 heterocycles. The topological polar surface area (TPSA) is 17.0 Å². The molecule has 0 fully saturated rings. The molecular weight excluding hydrogens is 258 g/mol. The minimum atomic E-state index is -0.506. The van der Waals surface area contributed by atoms with E-state index in [0.29, 0.717) is 6.54 Å². The van der Waals surface area contributed by atoms with Crippen molar-refractivity contribution >= 4 is 0 Å². The Hall–Kier alpha value is -1.68. The zero-order valence-electron chi connectivity index (χ0n) is 11.9. The van der Waals surface area contributed by atoms with Crippen molar-refractivity contribution in [1.29, 1.82) is 0 Å². The molecule has 0 aliphatic rings. The van der Waals surface area contributed by atoms with Gasteiger partial charge in [-0.1, -0.05) is 13.0 Å². The van der Waals surface area contributed by atoms with Gasteiger partial charge in [-0.25, -0.2) is 8.78 Å². The van der Waals surface area contributed by atoms with Crippen LogP contribution in [-0.4, -0.2) is 4.57 Å². The molecule has 20 heavy (non-hydrogen) atoms. The van der Waals surface area contributed by atoms with Crippen molar-refractivity contribution in [2.45, 2.75) is 39.4 Å². The summed E-state index contributed by atoms with van der Waals surface area (Å²) in [6, 6.07) is 7.59. The molecule has 2 nitrogen and oxygen atoms in total. The van der Waals surface area contributed by atoms with Crippen molar-refractivity contribution in [3.05, 3.63) is 59.4 Å². The molecule has 0 radical (unpaired) electrons. The predicted octanol–water partition coefficient (Wildman–Crippen LogP) is 4.03. The lowest BCUT2D eigenvalue weighted by Gasteiger charge is -2.17. The minimum absolute atomic E-state index is 0.0982. The van der Waals surface area contributed by atoms with Crippen LogP contribution in [0.3, 0.4) is 0 Å². The van der Waals surface area contributed by atoms with Crippen molar-refractivity contribution in [3.8, 4) is 0 Å². The lowest BCUT2D eigenvalue weighted by atomic mass is 10.1. The van der Waals surface area contributed by atoms with Crippen molar-refractivity contribution in [2.75, 3.05) is 0 Å². The molecule has 2 aromatic rings. The molecule has 0 amide bonds. The van der Waals surface area contributed by atoms with Crippen molar-refractivity contribution in [3.63, 3.8) is 0 Å². The quantitative estimate of drug-likeness (QED) is 0.844. The summed E-state index contributed by atoms with van der Waals surface area (Å²) >= 11 is 0. The average molecular weight is 278 g/mol. The Bertz CT molecular complexity index is 543. The molecule has 0 saturated heterocycles. The highest BCUT2D eigenvalue weighted by Gasteiger charge is 2.15. The fourth-order valence-corrected chi connectivity index (χ4v) is 2.35. The van der Waals surface area contributed by atoms with Gasteiger partial charge in [0, 0.05) is 36.6 Å². The Balaban J connectivity index is 2.05. The highest BCUT2D eigenvalue weighted by atomic mass is 19.1. The Morgan fingerprint density at radius 1 is 1.15 bits per heavy atom. The number of benzene rings is 1. The van der Waals surface area contributed by atoms with Crippen molar-refractivity contribution < 1.29 is 8.78 Å². The van der Waals surface area contributed by atoms with Crippen LogP contribution in [0.25, 0.3) is 0 Å². The second kappa shape index (κ2) is 6.66. The number of nitrogens with one attached hydrogen (secondary N) is 1. The van der Waals surface area contributed by atoms with E-state index in [4.69, 9.17) is 0 Å². The zero-order chi connectivity index (χ0) is 14.5. The van der Waals surface area contributed by atoms with Gasteiger partial charge in [-0.15, -0.1) is 0 Å². The number of halogens is 2. The van der Waals surface area contributed by atoms with Gasteiger partial charge in [-0.05, 0) is 37.6 Å². The van der Waals surface area contributed by atoms with Crippen LogP contribution in [-0.2, 0) is 13.1 Å². The highest BCUT2D eigenvalue weighted by molar-refractivity contribution is 5.23. The summed E-state index contributed by atoms with van der Waals surface area (Å²) in [7, 11) is 0. The van der Waals surface area contributed by atoms with Gasteiger partial charge in [-0.3, -0.25) is 0 Å². The molecule has 1 aromatic heterocycles. The SMILES string of the molecule is CCCn1cccc1CNC(C)c1c(F)cccc1F. The second-order valence-electron chi connectivity index (χ2n) is 4.93. The highest BCUT2D eigenvalue weighted by Crippen LogP contribution is 2.20. The molecule has 0 aliphatic carbocycles. The van der Waals surface area contributed by atoms with Crippen LogP contribution >= 0.6 is 0 Å². The maximum Gasteiger partial charge on any atom is 0.130 e. The molecule has 4 heteroatoms. The molecule has 1 atom stereocenters. The van der Waals surface area contributed by atoms with Gasteiger partial charge in [0.05, 0.1) is 0 Å². The summed E-state index contributed by atoms with van der Waals surface area (Å²) in [5.41, 5.74) is 1.22. The standard InChI is InChI=1S/C16H20F2N2/c1-3-9-20-10-5-6-13(20)11-19-12(2)16-14(17)7-4-8-15(16)18/h4-8,10,12,19H,3,9,11H2,1-2H3. The van der Waals surface area contributed by atoms with Crippen LogP contribution in [0.15, 0.2) is 36.5 Å². The summed E-state index contributed by atoms with van der Waals surface area (Å²) in [6.45, 7) is 5.43. The van der Waals surface area contributed by atoms with E-state index in [1.54, 1.807) is 6.92 Å². The van der Waals surface area contributed by atoms with E-state index in [2.05, 4.69) is 16.8 Å². The molecular formula is C16H20F2N2. The molecule has 0 saturated carbocycles. The first-order valence-corrected chi connectivity index (χ1v) is 6.94. The molecule has 0 bridgehead atoms. The van der Waals surface area contributed by atoms with Crippen molar-refractivity contribution in [1.82, 2.24) is 9.88 Å².